The van der Waals surface area contributed by atoms with Crippen molar-refractivity contribution in [1.29, 1.82) is 0 Å². The van der Waals surface area contributed by atoms with Gasteiger partial charge in [-0.05, 0) is 18.7 Å². The summed E-state index contributed by atoms with van der Waals surface area (Å²) >= 11 is 4.79. The predicted octanol–water partition coefficient (Wildman–Crippen LogP) is 0.0871. The van der Waals surface area contributed by atoms with Crippen LogP contribution in [0.25, 0.3) is 0 Å². The van der Waals surface area contributed by atoms with Crippen LogP contribution in [-0.2, 0) is 25.6 Å². The van der Waals surface area contributed by atoms with Crippen LogP contribution in [0.3, 0.4) is 0 Å². The van der Waals surface area contributed by atoms with E-state index >= 15 is 0 Å². The minimum absolute atomic E-state index is 0.131. The first-order chi connectivity index (χ1) is 11.4. The maximum Gasteiger partial charge on any atom is 0.330 e. The molecule has 2 aliphatic rings. The van der Waals surface area contributed by atoms with Crippen LogP contribution in [0.1, 0.15) is 18.2 Å². The van der Waals surface area contributed by atoms with Gasteiger partial charge in [0.25, 0.3) is 5.56 Å². The first kappa shape index (κ1) is 20.4. The lowest BCUT2D eigenvalue weighted by atomic mass is 10.2. The van der Waals surface area contributed by atoms with Crippen molar-refractivity contribution in [1.82, 2.24) is 9.55 Å². The molecule has 3 heterocycles. The Morgan fingerprint density at radius 3 is 2.52 bits per heavy atom. The number of hydrogen-bond donors (Lipinski definition) is 2. The number of aryl methyl sites for hydroxylation is 1. The molecule has 2 N–H and O–H groups in total. The predicted molar refractivity (Wildman–Crippen MR) is 95.9 cm³/mol. The fourth-order valence-corrected chi connectivity index (χ4v) is 3.78. The Hall–Kier alpha value is -0.870. The van der Waals surface area contributed by atoms with Crippen LogP contribution in [0, 0.1) is 6.92 Å². The Labute approximate surface area is 151 Å². The van der Waals surface area contributed by atoms with E-state index in [1.807, 2.05) is 0 Å². The Bertz CT molecular complexity index is 780. The van der Waals surface area contributed by atoms with Crippen LogP contribution in [0.15, 0.2) is 15.8 Å². The summed E-state index contributed by atoms with van der Waals surface area (Å²) in [4.78, 5) is 35.0. The van der Waals surface area contributed by atoms with Crippen LogP contribution < -0.4 is 11.2 Å². The zero-order valence-electron chi connectivity index (χ0n) is 15.0. The molecule has 0 aliphatic carbocycles. The highest BCUT2D eigenvalue weighted by Gasteiger charge is 2.44. The third-order valence-electron chi connectivity index (χ3n) is 3.31. The topological polar surface area (TPSA) is 103 Å². The largest absolute Gasteiger partial charge is 0.349 e. The highest BCUT2D eigenvalue weighted by molar-refractivity contribution is 8.07. The number of fused-ring (bicyclic) bond motifs is 1. The fraction of sp³-hybridized carbons (Fsp3) is 0.714. The Balaban J connectivity index is 0.000000399. The molecule has 11 heteroatoms. The molecule has 0 amide bonds. The number of aromatic nitrogens is 2. The molecule has 9 nitrogen and oxygen atoms in total. The number of hydrogen-bond acceptors (Lipinski definition) is 6. The van der Waals surface area contributed by atoms with Crippen molar-refractivity contribution in [3.63, 3.8) is 0 Å². The van der Waals surface area contributed by atoms with E-state index < -0.39 is 30.3 Å². The molecule has 0 radical (unpaired) electrons. The molecule has 4 unspecified atom stereocenters. The second-order valence-corrected chi connectivity index (χ2v) is 10.2. The molecule has 0 saturated carbocycles. The van der Waals surface area contributed by atoms with Gasteiger partial charge in [0.15, 0.2) is 0 Å². The van der Waals surface area contributed by atoms with Crippen molar-refractivity contribution in [2.75, 3.05) is 34.8 Å². The monoisotopic (exact) mass is 394 g/mol. The average molecular weight is 394 g/mol. The van der Waals surface area contributed by atoms with E-state index in [0.717, 1.165) is 4.48 Å². The molecular formula is C14H25N3O6PS+. The zero-order valence-corrected chi connectivity index (χ0v) is 16.7. The smallest absolute Gasteiger partial charge is 0.330 e. The summed E-state index contributed by atoms with van der Waals surface area (Å²) in [5.74, 6) is 0. The standard InChI is InChI=1S/C10H13N2O6PS.C4H12N/c1-5-3-12(10(14)11-9(5)13)8-2-6-7(17-8)4-16-19(15,20)18-6;1-5(2,3)4/h3,6-8H,2,4H2,1H3,(H,15,20)(H,11,13,14);1-4H3/q;+1. The zero-order chi connectivity index (χ0) is 19.0. The lowest BCUT2D eigenvalue weighted by molar-refractivity contribution is -0.849. The Kier molecular flexibility index (Phi) is 6.05. The van der Waals surface area contributed by atoms with Gasteiger partial charge in [-0.3, -0.25) is 14.3 Å². The van der Waals surface area contributed by atoms with E-state index in [4.69, 9.17) is 25.6 Å². The number of aromatic amines is 1. The molecule has 0 bridgehead atoms. The molecule has 25 heavy (non-hydrogen) atoms. The first-order valence-electron chi connectivity index (χ1n) is 7.78. The molecule has 2 fully saturated rings. The van der Waals surface area contributed by atoms with Crippen molar-refractivity contribution >= 4 is 18.5 Å². The van der Waals surface area contributed by atoms with Crippen molar-refractivity contribution in [2.45, 2.75) is 31.8 Å². The molecule has 4 atom stereocenters. The van der Waals surface area contributed by atoms with Gasteiger partial charge in [0.05, 0.1) is 40.9 Å². The lowest BCUT2D eigenvalue weighted by Gasteiger charge is -2.29. The summed E-state index contributed by atoms with van der Waals surface area (Å²) in [6, 6.07) is 0. The SMILES string of the molecule is C[N+](C)(C)C.Cc1cn(C2CC3OP(O)(=S)OCC3O2)c(=O)[nH]c1=O. The first-order valence-corrected chi connectivity index (χ1v) is 10.4. The minimum atomic E-state index is -3.20. The van der Waals surface area contributed by atoms with E-state index in [0.29, 0.717) is 12.0 Å². The maximum atomic E-state index is 11.8. The Morgan fingerprint density at radius 2 is 1.92 bits per heavy atom. The molecule has 0 spiro atoms. The number of ether oxygens (including phenoxy) is 1. The molecule has 142 valence electrons. The van der Waals surface area contributed by atoms with Crippen LogP contribution in [-0.4, -0.2) is 65.9 Å². The van der Waals surface area contributed by atoms with Gasteiger partial charge in [-0.15, -0.1) is 0 Å². The number of H-pyrrole nitrogens is 1. The normalized spacial score (nSPS) is 31.8. The van der Waals surface area contributed by atoms with Crippen molar-refractivity contribution < 1.29 is 23.2 Å². The molecule has 3 rings (SSSR count). The van der Waals surface area contributed by atoms with E-state index in [1.54, 1.807) is 6.92 Å². The maximum absolute atomic E-state index is 11.8. The highest BCUT2D eigenvalue weighted by Crippen LogP contribution is 2.52. The summed E-state index contributed by atoms with van der Waals surface area (Å²) in [7, 11) is 8.50. The summed E-state index contributed by atoms with van der Waals surface area (Å²) in [5.41, 5.74) is -0.562. The number of nitrogens with one attached hydrogen (secondary N) is 1. The summed E-state index contributed by atoms with van der Waals surface area (Å²) in [5, 5.41) is 0. The fourth-order valence-electron chi connectivity index (χ4n) is 2.30. The molecule has 0 aromatic carbocycles. The molecule has 1 aromatic heterocycles. The summed E-state index contributed by atoms with van der Waals surface area (Å²) < 4.78 is 18.3. The van der Waals surface area contributed by atoms with Gasteiger partial charge in [-0.25, -0.2) is 4.79 Å². The minimum Gasteiger partial charge on any atom is -0.349 e. The van der Waals surface area contributed by atoms with E-state index in [2.05, 4.69) is 33.2 Å². The molecule has 2 saturated heterocycles. The van der Waals surface area contributed by atoms with Crippen molar-refractivity contribution in [3.05, 3.63) is 32.6 Å². The molecule has 2 aliphatic heterocycles. The van der Waals surface area contributed by atoms with Crippen LogP contribution >= 0.6 is 6.72 Å². The highest BCUT2D eigenvalue weighted by atomic mass is 32.5. The van der Waals surface area contributed by atoms with Crippen molar-refractivity contribution in [3.8, 4) is 0 Å². The summed E-state index contributed by atoms with van der Waals surface area (Å²) in [6.45, 7) is -1.46. The second-order valence-electron chi connectivity index (χ2n) is 7.44. The van der Waals surface area contributed by atoms with E-state index in [-0.39, 0.29) is 12.7 Å². The van der Waals surface area contributed by atoms with Gasteiger partial charge in [0, 0.05) is 18.2 Å². The van der Waals surface area contributed by atoms with Crippen LogP contribution in [0.5, 0.6) is 0 Å². The number of rotatable bonds is 1. The van der Waals surface area contributed by atoms with Crippen LogP contribution in [0.2, 0.25) is 0 Å². The quantitative estimate of drug-likeness (QED) is 0.514. The number of nitrogens with zero attached hydrogens (tertiary/aromatic N) is 2. The van der Waals surface area contributed by atoms with Gasteiger partial charge < -0.3 is 23.2 Å². The summed E-state index contributed by atoms with van der Waals surface area (Å²) in [6.07, 6.45) is 0.424. The third-order valence-corrected chi connectivity index (χ3v) is 4.89. The number of quaternary nitrogens is 1. The van der Waals surface area contributed by atoms with E-state index in [9.17, 15) is 14.5 Å². The average Bonchev–Trinajstić information content (AvgIpc) is 2.82. The van der Waals surface area contributed by atoms with Crippen LogP contribution in [0.4, 0.5) is 0 Å². The van der Waals surface area contributed by atoms with E-state index in [1.165, 1.54) is 10.8 Å². The van der Waals surface area contributed by atoms with Gasteiger partial charge in [0.1, 0.15) is 12.3 Å². The molecular weight excluding hydrogens is 369 g/mol. The van der Waals surface area contributed by atoms with Gasteiger partial charge in [0.2, 0.25) is 0 Å². The second kappa shape index (κ2) is 7.40. The van der Waals surface area contributed by atoms with Crippen molar-refractivity contribution in [2.24, 2.45) is 0 Å². The van der Waals surface area contributed by atoms with Gasteiger partial charge in [-0.2, -0.15) is 0 Å². The van der Waals surface area contributed by atoms with Gasteiger partial charge >= 0.3 is 12.4 Å². The molecule has 1 aromatic rings. The third kappa shape index (κ3) is 5.82. The van der Waals surface area contributed by atoms with Gasteiger partial charge in [-0.1, -0.05) is 0 Å². The lowest BCUT2D eigenvalue weighted by Crippen LogP contribution is -2.34. The Morgan fingerprint density at radius 1 is 1.32 bits per heavy atom.